The summed E-state index contributed by atoms with van der Waals surface area (Å²) in [5.74, 6) is 0.260. The molecule has 2 N–H and O–H groups in total. The minimum Gasteiger partial charge on any atom is -0.466 e. The van der Waals surface area contributed by atoms with Gasteiger partial charge in [-0.3, -0.25) is 0 Å². The summed E-state index contributed by atoms with van der Waals surface area (Å²) in [6, 6.07) is 11.5. The molecule has 0 aliphatic carbocycles. The molecule has 0 aliphatic heterocycles. The Kier molecular flexibility index (Phi) is 4.37. The minimum atomic E-state index is -3.91. The van der Waals surface area contributed by atoms with Gasteiger partial charge in [-0.2, -0.15) is 8.75 Å². The minimum absolute atomic E-state index is 0.0247. The Morgan fingerprint density at radius 3 is 2.77 bits per heavy atom. The molecule has 3 aromatic heterocycles. The van der Waals surface area contributed by atoms with Crippen LogP contribution < -0.4 is 4.72 Å². The zero-order valence-corrected chi connectivity index (χ0v) is 15.6. The highest BCUT2D eigenvalue weighted by atomic mass is 32.2. The lowest BCUT2D eigenvalue weighted by Crippen LogP contribution is -2.41. The standard InChI is InChI=1S/C16H13N3O4S3/c20-16(13-6-2-8-23-13,14-7-3-9-24-14)10-17-26(21,22)12-5-1-4-11-15(12)19-25-18-11/h1-9,17,20H,10H2/t16-/m1/s1. The molecule has 1 atom stereocenters. The molecule has 0 saturated carbocycles. The van der Waals surface area contributed by atoms with Gasteiger partial charge in [0, 0.05) is 4.88 Å². The van der Waals surface area contributed by atoms with Crippen molar-refractivity contribution in [2.24, 2.45) is 0 Å². The van der Waals surface area contributed by atoms with Crippen LogP contribution in [0.4, 0.5) is 0 Å². The molecule has 0 amide bonds. The third kappa shape index (κ3) is 2.95. The summed E-state index contributed by atoms with van der Waals surface area (Å²) in [5, 5.41) is 13.0. The molecule has 1 aromatic carbocycles. The summed E-state index contributed by atoms with van der Waals surface area (Å²) in [7, 11) is -3.91. The third-order valence-corrected chi connectivity index (χ3v) is 6.91. The fourth-order valence-corrected chi connectivity index (χ4v) is 5.25. The lowest BCUT2D eigenvalue weighted by molar-refractivity contribution is 0.0655. The highest BCUT2D eigenvalue weighted by Crippen LogP contribution is 2.33. The summed E-state index contributed by atoms with van der Waals surface area (Å²) < 4.78 is 41.6. The first-order chi connectivity index (χ1) is 12.5. The van der Waals surface area contributed by atoms with Crippen LogP contribution in [0.15, 0.2) is 63.4 Å². The van der Waals surface area contributed by atoms with E-state index < -0.39 is 15.6 Å². The predicted molar refractivity (Wildman–Crippen MR) is 98.6 cm³/mol. The van der Waals surface area contributed by atoms with Gasteiger partial charge in [0.2, 0.25) is 10.0 Å². The number of rotatable bonds is 6. The molecule has 0 fully saturated rings. The van der Waals surface area contributed by atoms with Gasteiger partial charge in [0.25, 0.3) is 0 Å². The molecule has 134 valence electrons. The van der Waals surface area contributed by atoms with Gasteiger partial charge in [-0.15, -0.1) is 11.3 Å². The maximum absolute atomic E-state index is 12.8. The number of aromatic nitrogens is 2. The van der Waals surface area contributed by atoms with Gasteiger partial charge < -0.3 is 9.52 Å². The van der Waals surface area contributed by atoms with Crippen LogP contribution in [0.2, 0.25) is 0 Å². The average Bonchev–Trinajstić information content (AvgIpc) is 3.41. The normalized spacial score (nSPS) is 14.5. The van der Waals surface area contributed by atoms with Crippen LogP contribution in [-0.4, -0.2) is 28.8 Å². The maximum Gasteiger partial charge on any atom is 0.242 e. The lowest BCUT2D eigenvalue weighted by atomic mass is 9.99. The summed E-state index contributed by atoms with van der Waals surface area (Å²) in [4.78, 5) is 0.598. The van der Waals surface area contributed by atoms with Crippen molar-refractivity contribution in [2.45, 2.75) is 10.5 Å². The predicted octanol–water partition coefficient (Wildman–Crippen LogP) is 2.56. The number of nitrogens with zero attached hydrogens (tertiary/aromatic N) is 2. The molecule has 0 saturated heterocycles. The van der Waals surface area contributed by atoms with Gasteiger partial charge >= 0.3 is 0 Å². The Hall–Kier alpha value is -2.11. The second kappa shape index (κ2) is 6.56. The van der Waals surface area contributed by atoms with E-state index in [9.17, 15) is 13.5 Å². The topological polar surface area (TPSA) is 105 Å². The first-order valence-corrected chi connectivity index (χ1v) is 10.6. The molecule has 3 heterocycles. The van der Waals surface area contributed by atoms with Gasteiger partial charge in [0.05, 0.1) is 24.5 Å². The number of thiophene rings is 1. The summed E-state index contributed by atoms with van der Waals surface area (Å²) in [5.41, 5.74) is -0.793. The van der Waals surface area contributed by atoms with Crippen LogP contribution in [0.3, 0.4) is 0 Å². The van der Waals surface area contributed by atoms with Crippen LogP contribution in [0.25, 0.3) is 11.0 Å². The van der Waals surface area contributed by atoms with Crippen molar-refractivity contribution in [1.82, 2.24) is 13.5 Å². The van der Waals surface area contributed by atoms with E-state index in [4.69, 9.17) is 4.42 Å². The smallest absolute Gasteiger partial charge is 0.242 e. The zero-order chi connectivity index (χ0) is 18.2. The van der Waals surface area contributed by atoms with Gasteiger partial charge in [0.1, 0.15) is 21.7 Å². The van der Waals surface area contributed by atoms with E-state index in [1.54, 1.807) is 41.8 Å². The molecular weight excluding hydrogens is 394 g/mol. The Balaban J connectivity index is 1.69. The fraction of sp³-hybridized carbons (Fsp3) is 0.125. The van der Waals surface area contributed by atoms with Gasteiger partial charge in [-0.1, -0.05) is 12.1 Å². The van der Waals surface area contributed by atoms with Crippen molar-refractivity contribution in [3.63, 3.8) is 0 Å². The second-order valence-corrected chi connectivity index (χ2v) is 8.74. The number of sulfonamides is 1. The average molecular weight is 407 g/mol. The molecule has 0 radical (unpaired) electrons. The molecule has 4 aromatic rings. The number of hydrogen-bond acceptors (Lipinski definition) is 8. The molecule has 0 unspecified atom stereocenters. The first kappa shape index (κ1) is 17.3. The van der Waals surface area contributed by atoms with Crippen molar-refractivity contribution in [1.29, 1.82) is 0 Å². The molecule has 10 heteroatoms. The van der Waals surface area contributed by atoms with E-state index in [1.807, 2.05) is 0 Å². The van der Waals surface area contributed by atoms with Crippen molar-refractivity contribution in [3.05, 3.63) is 64.7 Å². The highest BCUT2D eigenvalue weighted by molar-refractivity contribution is 7.89. The van der Waals surface area contributed by atoms with Crippen molar-refractivity contribution < 1.29 is 17.9 Å². The highest BCUT2D eigenvalue weighted by Gasteiger charge is 2.37. The second-order valence-electron chi connectivity index (χ2n) is 5.53. The summed E-state index contributed by atoms with van der Waals surface area (Å²) in [6.45, 7) is -0.280. The van der Waals surface area contributed by atoms with Crippen molar-refractivity contribution >= 4 is 44.1 Å². The maximum atomic E-state index is 12.8. The Morgan fingerprint density at radius 1 is 1.15 bits per heavy atom. The quantitative estimate of drug-likeness (QED) is 0.509. The molecule has 26 heavy (non-hydrogen) atoms. The first-order valence-electron chi connectivity index (χ1n) is 7.52. The van der Waals surface area contributed by atoms with E-state index >= 15 is 0 Å². The van der Waals surface area contributed by atoms with E-state index in [2.05, 4.69) is 13.5 Å². The third-order valence-electron chi connectivity index (χ3n) is 3.91. The largest absolute Gasteiger partial charge is 0.466 e. The van der Waals surface area contributed by atoms with E-state index in [-0.39, 0.29) is 17.2 Å². The Bertz CT molecular complexity index is 1080. The molecule has 0 bridgehead atoms. The van der Waals surface area contributed by atoms with Crippen LogP contribution >= 0.6 is 23.1 Å². The summed E-state index contributed by atoms with van der Waals surface area (Å²) >= 11 is 2.26. The van der Waals surface area contributed by atoms with E-state index in [1.165, 1.54) is 23.7 Å². The van der Waals surface area contributed by atoms with Crippen molar-refractivity contribution in [3.8, 4) is 0 Å². The fourth-order valence-electron chi connectivity index (χ4n) is 2.60. The number of hydrogen-bond donors (Lipinski definition) is 2. The van der Waals surface area contributed by atoms with Gasteiger partial charge in [0.15, 0.2) is 5.60 Å². The van der Waals surface area contributed by atoms with Gasteiger partial charge in [-0.05, 0) is 35.7 Å². The van der Waals surface area contributed by atoms with Crippen molar-refractivity contribution in [2.75, 3.05) is 6.54 Å². The monoisotopic (exact) mass is 407 g/mol. The van der Waals surface area contributed by atoms with Crippen LogP contribution in [0.1, 0.15) is 10.6 Å². The number of benzene rings is 1. The van der Waals surface area contributed by atoms with Crippen LogP contribution in [0, 0.1) is 0 Å². The molecular formula is C16H13N3O4S3. The lowest BCUT2D eigenvalue weighted by Gasteiger charge is -2.25. The molecule has 0 spiro atoms. The molecule has 0 aliphatic rings. The zero-order valence-electron chi connectivity index (χ0n) is 13.2. The number of furan rings is 1. The van der Waals surface area contributed by atoms with Crippen LogP contribution in [-0.2, 0) is 15.6 Å². The van der Waals surface area contributed by atoms with E-state index in [0.29, 0.717) is 15.9 Å². The number of nitrogens with one attached hydrogen (secondary N) is 1. The van der Waals surface area contributed by atoms with E-state index in [0.717, 1.165) is 11.7 Å². The SMILES string of the molecule is O=S(=O)(NC[C@@](O)(c1ccco1)c1cccs1)c1cccc2nsnc12. The van der Waals surface area contributed by atoms with Crippen LogP contribution in [0.5, 0.6) is 0 Å². The molecule has 4 rings (SSSR count). The Morgan fingerprint density at radius 2 is 2.04 bits per heavy atom. The Labute approximate surface area is 157 Å². The summed E-state index contributed by atoms with van der Waals surface area (Å²) in [6.07, 6.45) is 1.43. The van der Waals surface area contributed by atoms with Gasteiger partial charge in [-0.25, -0.2) is 13.1 Å². The number of aliphatic hydroxyl groups is 1. The number of fused-ring (bicyclic) bond motifs is 1. The molecule has 7 nitrogen and oxygen atoms in total.